The molecule has 1 aromatic heterocycles. The third-order valence-corrected chi connectivity index (χ3v) is 7.20. The first-order chi connectivity index (χ1) is 16.6. The minimum Gasteiger partial charge on any atom is -0.345 e. The van der Waals surface area contributed by atoms with Crippen LogP contribution in [0, 0.1) is 11.6 Å². The number of para-hydroxylation sites is 1. The lowest BCUT2D eigenvalue weighted by molar-refractivity contribution is 0.0940. The topological polar surface area (TPSA) is 101 Å². The van der Waals surface area contributed by atoms with Crippen molar-refractivity contribution in [2.24, 2.45) is 0 Å². The molecule has 4 aromatic rings. The van der Waals surface area contributed by atoms with E-state index < -0.39 is 33.6 Å². The highest BCUT2D eigenvalue weighted by molar-refractivity contribution is 7.93. The first kappa shape index (κ1) is 24.8. The van der Waals surface area contributed by atoms with Crippen LogP contribution in [0.25, 0.3) is 11.0 Å². The zero-order valence-corrected chi connectivity index (χ0v) is 20.2. The predicted octanol–water partition coefficient (Wildman–Crippen LogP) is 5.51. The molecule has 3 aromatic carbocycles. The van der Waals surface area contributed by atoms with Gasteiger partial charge in [-0.2, -0.15) is 0 Å². The normalized spacial score (nSPS) is 12.4. The van der Waals surface area contributed by atoms with Gasteiger partial charge in [0.25, 0.3) is 15.9 Å². The van der Waals surface area contributed by atoms with Crippen LogP contribution in [0.1, 0.15) is 28.9 Å². The monoisotopic (exact) mass is 536 g/mol. The molecule has 0 spiro atoms. The molecule has 12 heteroatoms. The van der Waals surface area contributed by atoms with E-state index >= 15 is 0 Å². The van der Waals surface area contributed by atoms with Crippen LogP contribution >= 0.6 is 23.2 Å². The molecule has 0 aliphatic rings. The van der Waals surface area contributed by atoms with Gasteiger partial charge < -0.3 is 5.32 Å². The van der Waals surface area contributed by atoms with E-state index in [1.807, 2.05) is 0 Å². The lowest BCUT2D eigenvalue weighted by Crippen LogP contribution is -2.28. The number of sulfonamides is 1. The molecule has 0 unspecified atom stereocenters. The number of nitrogens with zero attached hydrogens (tertiary/aromatic N) is 2. The summed E-state index contributed by atoms with van der Waals surface area (Å²) >= 11 is 12.2. The Hall–Kier alpha value is -3.34. The van der Waals surface area contributed by atoms with Crippen molar-refractivity contribution in [3.05, 3.63) is 93.7 Å². The highest BCUT2D eigenvalue weighted by Gasteiger charge is 2.24. The van der Waals surface area contributed by atoms with Gasteiger partial charge >= 0.3 is 0 Å². The van der Waals surface area contributed by atoms with Crippen LogP contribution in [0.3, 0.4) is 0 Å². The van der Waals surface area contributed by atoms with E-state index in [1.54, 1.807) is 6.07 Å². The van der Waals surface area contributed by atoms with Gasteiger partial charge in [-0.05, 0) is 37.3 Å². The smallest absolute Gasteiger partial charge is 0.264 e. The summed E-state index contributed by atoms with van der Waals surface area (Å²) < 4.78 is 56.2. The number of nitrogens with one attached hydrogen (secondary N) is 2. The second-order valence-corrected chi connectivity index (χ2v) is 9.92. The van der Waals surface area contributed by atoms with Crippen molar-refractivity contribution in [1.82, 2.24) is 15.3 Å². The number of carbonyl (C=O) groups excluding carboxylic acids is 1. The SMILES string of the molecule is C[C@@H](NC(=O)c1cc(Cl)c(Cl)cc1NS(=O)(=O)c1cccc2nccnc12)c1ccc(F)cc1F. The van der Waals surface area contributed by atoms with Crippen LogP contribution in [0.15, 0.2) is 65.8 Å². The molecule has 35 heavy (non-hydrogen) atoms. The van der Waals surface area contributed by atoms with Gasteiger partial charge in [-0.1, -0.05) is 35.3 Å². The number of carbonyl (C=O) groups is 1. The Kier molecular flexibility index (Phi) is 6.88. The van der Waals surface area contributed by atoms with Crippen LogP contribution in [0.5, 0.6) is 0 Å². The molecule has 1 heterocycles. The predicted molar refractivity (Wildman–Crippen MR) is 129 cm³/mol. The molecule has 4 rings (SSSR count). The number of rotatable bonds is 6. The summed E-state index contributed by atoms with van der Waals surface area (Å²) in [6.07, 6.45) is 2.79. The van der Waals surface area contributed by atoms with Crippen LogP contribution < -0.4 is 10.0 Å². The fourth-order valence-corrected chi connectivity index (χ4v) is 4.97. The molecular formula is C23H16Cl2F2N4O3S. The van der Waals surface area contributed by atoms with E-state index in [9.17, 15) is 22.0 Å². The van der Waals surface area contributed by atoms with Gasteiger partial charge in [-0.15, -0.1) is 0 Å². The molecule has 0 saturated heterocycles. The van der Waals surface area contributed by atoms with Gasteiger partial charge in [-0.3, -0.25) is 19.5 Å². The summed E-state index contributed by atoms with van der Waals surface area (Å²) in [5.41, 5.74) is 0.205. The lowest BCUT2D eigenvalue weighted by atomic mass is 10.1. The quantitative estimate of drug-likeness (QED) is 0.338. The molecule has 180 valence electrons. The van der Waals surface area contributed by atoms with Crippen molar-refractivity contribution < 1.29 is 22.0 Å². The van der Waals surface area contributed by atoms with E-state index in [-0.39, 0.29) is 37.3 Å². The third-order valence-electron chi connectivity index (χ3n) is 5.08. The summed E-state index contributed by atoms with van der Waals surface area (Å²) in [4.78, 5) is 21.1. The summed E-state index contributed by atoms with van der Waals surface area (Å²) in [7, 11) is -4.25. The summed E-state index contributed by atoms with van der Waals surface area (Å²) in [6, 6.07) is 8.92. The standard InChI is InChI=1S/C23H16Cl2F2N4O3S/c1-12(14-6-5-13(26)9-18(14)27)30-23(32)15-10-16(24)17(25)11-20(15)31-35(33,34)21-4-2-3-19-22(21)29-8-7-28-19/h2-12,31H,1H3,(H,30,32)/t12-/m1/s1. The van der Waals surface area contributed by atoms with E-state index in [1.165, 1.54) is 49.6 Å². The maximum absolute atomic E-state index is 14.2. The van der Waals surface area contributed by atoms with Gasteiger partial charge in [0.15, 0.2) is 0 Å². The number of anilines is 1. The molecule has 0 fully saturated rings. The number of benzene rings is 3. The summed E-state index contributed by atoms with van der Waals surface area (Å²) in [5, 5.41) is 2.55. The van der Waals surface area contributed by atoms with Crippen molar-refractivity contribution in [1.29, 1.82) is 0 Å². The highest BCUT2D eigenvalue weighted by atomic mass is 35.5. The second kappa shape index (κ2) is 9.73. The average molecular weight is 537 g/mol. The van der Waals surface area contributed by atoms with Crippen LogP contribution in [-0.2, 0) is 10.0 Å². The third kappa shape index (κ3) is 5.19. The molecule has 0 radical (unpaired) electrons. The largest absolute Gasteiger partial charge is 0.345 e. The number of hydrogen-bond donors (Lipinski definition) is 2. The van der Waals surface area contributed by atoms with Crippen LogP contribution in [0.2, 0.25) is 10.0 Å². The minimum absolute atomic E-state index is 0.00333. The Morgan fingerprint density at radius 1 is 1.00 bits per heavy atom. The summed E-state index contributed by atoms with van der Waals surface area (Å²) in [5.74, 6) is -2.37. The van der Waals surface area contributed by atoms with E-state index in [2.05, 4.69) is 20.0 Å². The fourth-order valence-electron chi connectivity index (χ4n) is 3.41. The van der Waals surface area contributed by atoms with Gasteiger partial charge in [-0.25, -0.2) is 17.2 Å². The van der Waals surface area contributed by atoms with Crippen molar-refractivity contribution in [3.63, 3.8) is 0 Å². The molecule has 2 N–H and O–H groups in total. The van der Waals surface area contributed by atoms with Crippen LogP contribution in [0.4, 0.5) is 14.5 Å². The first-order valence-corrected chi connectivity index (χ1v) is 12.3. The van der Waals surface area contributed by atoms with Gasteiger partial charge in [0, 0.05) is 24.0 Å². The maximum Gasteiger partial charge on any atom is 0.264 e. The number of hydrogen-bond acceptors (Lipinski definition) is 5. The number of halogens is 4. The van der Waals surface area contributed by atoms with Crippen LogP contribution in [-0.4, -0.2) is 24.3 Å². The van der Waals surface area contributed by atoms with Gasteiger partial charge in [0.05, 0.1) is 32.9 Å². The number of aromatic nitrogens is 2. The van der Waals surface area contributed by atoms with Crippen molar-refractivity contribution in [2.45, 2.75) is 17.9 Å². The molecule has 1 atom stereocenters. The summed E-state index contributed by atoms with van der Waals surface area (Å²) in [6.45, 7) is 1.49. The zero-order valence-electron chi connectivity index (χ0n) is 17.9. The Morgan fingerprint density at radius 2 is 1.71 bits per heavy atom. The molecule has 0 aliphatic heterocycles. The first-order valence-electron chi connectivity index (χ1n) is 10.0. The minimum atomic E-state index is -4.25. The molecular weight excluding hydrogens is 521 g/mol. The molecule has 0 bridgehead atoms. The van der Waals surface area contributed by atoms with Gasteiger partial charge in [0.2, 0.25) is 0 Å². The molecule has 1 amide bonds. The van der Waals surface area contributed by atoms with Crippen molar-refractivity contribution in [3.8, 4) is 0 Å². The van der Waals surface area contributed by atoms with E-state index in [4.69, 9.17) is 23.2 Å². The van der Waals surface area contributed by atoms with Crippen molar-refractivity contribution in [2.75, 3.05) is 4.72 Å². The van der Waals surface area contributed by atoms with Crippen molar-refractivity contribution >= 4 is 55.9 Å². The second-order valence-electron chi connectivity index (χ2n) is 7.46. The zero-order chi connectivity index (χ0) is 25.3. The lowest BCUT2D eigenvalue weighted by Gasteiger charge is -2.18. The van der Waals surface area contributed by atoms with E-state index in [0.29, 0.717) is 11.6 Å². The highest BCUT2D eigenvalue weighted by Crippen LogP contribution is 2.32. The number of amides is 1. The average Bonchev–Trinajstić information content (AvgIpc) is 2.80. The number of fused-ring (bicyclic) bond motifs is 1. The molecule has 7 nitrogen and oxygen atoms in total. The maximum atomic E-state index is 14.2. The molecule has 0 aliphatic carbocycles. The van der Waals surface area contributed by atoms with Gasteiger partial charge in [0.1, 0.15) is 22.0 Å². The Labute approximate surface area is 209 Å². The molecule has 0 saturated carbocycles. The Bertz CT molecular complexity index is 1560. The Balaban J connectivity index is 1.70. The fraction of sp³-hybridized carbons (Fsp3) is 0.0870. The Morgan fingerprint density at radius 3 is 2.46 bits per heavy atom. The van der Waals surface area contributed by atoms with E-state index in [0.717, 1.165) is 6.07 Å².